The fraction of sp³-hybridized carbons (Fsp3) is 0.154. The van der Waals surface area contributed by atoms with Crippen molar-refractivity contribution in [1.29, 1.82) is 0 Å². The Morgan fingerprint density at radius 2 is 2.20 bits per heavy atom. The SMILES string of the molecule is CCN(c1ccnc(Cl)n1)c1n[nH]c2ccc(F)cc12. The highest BCUT2D eigenvalue weighted by Gasteiger charge is 2.16. The number of halogens is 2. The number of aromatic amines is 1. The summed E-state index contributed by atoms with van der Waals surface area (Å²) in [6.07, 6.45) is 1.57. The van der Waals surface area contributed by atoms with E-state index in [0.29, 0.717) is 23.6 Å². The van der Waals surface area contributed by atoms with Gasteiger partial charge in [-0.2, -0.15) is 5.10 Å². The third-order valence-electron chi connectivity index (χ3n) is 2.96. The molecule has 0 saturated heterocycles. The maximum absolute atomic E-state index is 13.4. The van der Waals surface area contributed by atoms with Crippen LogP contribution in [0.15, 0.2) is 30.5 Å². The molecule has 3 aromatic rings. The van der Waals surface area contributed by atoms with Gasteiger partial charge in [-0.25, -0.2) is 14.4 Å². The van der Waals surface area contributed by atoms with Crippen molar-refractivity contribution < 1.29 is 4.39 Å². The van der Waals surface area contributed by atoms with Crippen LogP contribution in [0.25, 0.3) is 10.9 Å². The van der Waals surface area contributed by atoms with E-state index in [4.69, 9.17) is 11.6 Å². The van der Waals surface area contributed by atoms with E-state index in [0.717, 1.165) is 5.52 Å². The summed E-state index contributed by atoms with van der Waals surface area (Å²) >= 11 is 5.81. The van der Waals surface area contributed by atoms with Gasteiger partial charge in [-0.05, 0) is 42.8 Å². The number of benzene rings is 1. The first-order valence-corrected chi connectivity index (χ1v) is 6.46. The largest absolute Gasteiger partial charge is 0.309 e. The van der Waals surface area contributed by atoms with Gasteiger partial charge in [0.05, 0.1) is 5.52 Å². The molecule has 7 heteroatoms. The number of aromatic nitrogens is 4. The van der Waals surface area contributed by atoms with Gasteiger partial charge < -0.3 is 4.90 Å². The Hall–Kier alpha value is -2.21. The maximum atomic E-state index is 13.4. The second-order valence-corrected chi connectivity index (χ2v) is 4.50. The van der Waals surface area contributed by atoms with Crippen molar-refractivity contribution in [2.45, 2.75) is 6.92 Å². The molecular weight excluding hydrogens is 281 g/mol. The molecule has 5 nitrogen and oxygen atoms in total. The monoisotopic (exact) mass is 291 g/mol. The Morgan fingerprint density at radius 3 is 2.95 bits per heavy atom. The third kappa shape index (κ3) is 2.18. The van der Waals surface area contributed by atoms with Crippen molar-refractivity contribution in [3.63, 3.8) is 0 Å². The van der Waals surface area contributed by atoms with Gasteiger partial charge in [0.25, 0.3) is 0 Å². The third-order valence-corrected chi connectivity index (χ3v) is 3.15. The Morgan fingerprint density at radius 1 is 1.35 bits per heavy atom. The summed E-state index contributed by atoms with van der Waals surface area (Å²) in [5.74, 6) is 0.916. The molecule has 0 amide bonds. The number of anilines is 2. The maximum Gasteiger partial charge on any atom is 0.224 e. The van der Waals surface area contributed by atoms with Gasteiger partial charge in [0.1, 0.15) is 11.6 Å². The highest BCUT2D eigenvalue weighted by Crippen LogP contribution is 2.29. The molecule has 0 unspecified atom stereocenters. The molecule has 1 N–H and O–H groups in total. The van der Waals surface area contributed by atoms with E-state index < -0.39 is 0 Å². The molecule has 20 heavy (non-hydrogen) atoms. The summed E-state index contributed by atoms with van der Waals surface area (Å²) in [7, 11) is 0. The predicted octanol–water partition coefficient (Wildman–Crippen LogP) is 3.30. The van der Waals surface area contributed by atoms with Crippen LogP contribution in [-0.4, -0.2) is 26.7 Å². The molecule has 3 rings (SSSR count). The van der Waals surface area contributed by atoms with Gasteiger partial charge in [-0.15, -0.1) is 0 Å². The first-order valence-electron chi connectivity index (χ1n) is 6.08. The van der Waals surface area contributed by atoms with Crippen LogP contribution in [0.3, 0.4) is 0 Å². The molecule has 0 radical (unpaired) electrons. The average Bonchev–Trinajstić information content (AvgIpc) is 2.83. The van der Waals surface area contributed by atoms with Gasteiger partial charge in [0.15, 0.2) is 5.82 Å². The molecule has 0 bridgehead atoms. The van der Waals surface area contributed by atoms with Crippen molar-refractivity contribution in [3.8, 4) is 0 Å². The lowest BCUT2D eigenvalue weighted by atomic mass is 10.2. The first kappa shape index (κ1) is 12.8. The smallest absolute Gasteiger partial charge is 0.224 e. The van der Waals surface area contributed by atoms with E-state index in [1.807, 2.05) is 11.8 Å². The molecule has 0 atom stereocenters. The highest BCUT2D eigenvalue weighted by atomic mass is 35.5. The Labute approximate surface area is 119 Å². The molecule has 0 spiro atoms. The first-order chi connectivity index (χ1) is 9.69. The lowest BCUT2D eigenvalue weighted by molar-refractivity contribution is 0.629. The number of hydrogen-bond donors (Lipinski definition) is 1. The molecule has 2 heterocycles. The standard InChI is InChI=1S/C13H11ClFN5/c1-2-20(11-5-6-16-13(14)17-11)12-9-7-8(15)3-4-10(9)18-19-12/h3-7H,2H2,1H3,(H,18,19). The van der Waals surface area contributed by atoms with E-state index in [-0.39, 0.29) is 11.1 Å². The zero-order chi connectivity index (χ0) is 14.1. The van der Waals surface area contributed by atoms with Gasteiger partial charge in [-0.1, -0.05) is 0 Å². The number of fused-ring (bicyclic) bond motifs is 1. The second kappa shape index (κ2) is 5.05. The predicted molar refractivity (Wildman–Crippen MR) is 75.8 cm³/mol. The number of nitrogens with zero attached hydrogens (tertiary/aromatic N) is 4. The van der Waals surface area contributed by atoms with Crippen molar-refractivity contribution in [2.24, 2.45) is 0 Å². The fourth-order valence-corrected chi connectivity index (χ4v) is 2.22. The van der Waals surface area contributed by atoms with Crippen LogP contribution in [0.1, 0.15) is 6.92 Å². The highest BCUT2D eigenvalue weighted by molar-refractivity contribution is 6.28. The minimum absolute atomic E-state index is 0.159. The van der Waals surface area contributed by atoms with Crippen LogP contribution in [0, 0.1) is 5.82 Å². The quantitative estimate of drug-likeness (QED) is 0.752. The topological polar surface area (TPSA) is 57.7 Å². The molecule has 0 aliphatic rings. The van der Waals surface area contributed by atoms with E-state index in [1.54, 1.807) is 18.3 Å². The van der Waals surface area contributed by atoms with Crippen LogP contribution < -0.4 is 4.90 Å². The van der Waals surface area contributed by atoms with E-state index in [1.165, 1.54) is 12.1 Å². The van der Waals surface area contributed by atoms with Crippen LogP contribution in [-0.2, 0) is 0 Å². The van der Waals surface area contributed by atoms with E-state index >= 15 is 0 Å². The van der Waals surface area contributed by atoms with Gasteiger partial charge in [0.2, 0.25) is 5.28 Å². The summed E-state index contributed by atoms with van der Waals surface area (Å²) < 4.78 is 13.4. The number of hydrogen-bond acceptors (Lipinski definition) is 4. The van der Waals surface area contributed by atoms with Crippen LogP contribution >= 0.6 is 11.6 Å². The number of nitrogens with one attached hydrogen (secondary N) is 1. The van der Waals surface area contributed by atoms with Crippen LogP contribution in [0.2, 0.25) is 5.28 Å². The summed E-state index contributed by atoms with van der Waals surface area (Å²) in [5.41, 5.74) is 0.764. The minimum atomic E-state index is -0.308. The summed E-state index contributed by atoms with van der Waals surface area (Å²) in [6, 6.07) is 6.22. The normalized spacial score (nSPS) is 10.9. The van der Waals surface area contributed by atoms with Crippen molar-refractivity contribution >= 4 is 34.1 Å². The van der Waals surface area contributed by atoms with Crippen LogP contribution in [0.5, 0.6) is 0 Å². The average molecular weight is 292 g/mol. The molecule has 2 aromatic heterocycles. The number of H-pyrrole nitrogens is 1. The Balaban J connectivity index is 2.14. The summed E-state index contributed by atoms with van der Waals surface area (Å²) in [6.45, 7) is 2.57. The van der Waals surface area contributed by atoms with Gasteiger partial charge in [-0.3, -0.25) is 5.10 Å². The van der Waals surface area contributed by atoms with Crippen LogP contribution in [0.4, 0.5) is 16.0 Å². The summed E-state index contributed by atoms with van der Waals surface area (Å²) in [5, 5.41) is 7.98. The molecule has 0 saturated carbocycles. The molecule has 0 aliphatic heterocycles. The molecule has 1 aromatic carbocycles. The number of rotatable bonds is 3. The minimum Gasteiger partial charge on any atom is -0.309 e. The van der Waals surface area contributed by atoms with Crippen molar-refractivity contribution in [2.75, 3.05) is 11.4 Å². The Bertz CT molecular complexity index is 757. The van der Waals surface area contributed by atoms with E-state index in [2.05, 4.69) is 20.2 Å². The fourth-order valence-electron chi connectivity index (χ4n) is 2.07. The molecule has 102 valence electrons. The molecule has 0 aliphatic carbocycles. The van der Waals surface area contributed by atoms with Gasteiger partial charge in [0, 0.05) is 18.1 Å². The molecule has 0 fully saturated rings. The zero-order valence-corrected chi connectivity index (χ0v) is 11.4. The lowest BCUT2D eigenvalue weighted by Crippen LogP contribution is -2.18. The molecular formula is C13H11ClFN5. The Kier molecular flexibility index (Phi) is 3.23. The zero-order valence-electron chi connectivity index (χ0n) is 10.6. The second-order valence-electron chi connectivity index (χ2n) is 4.17. The van der Waals surface area contributed by atoms with E-state index in [9.17, 15) is 4.39 Å². The van der Waals surface area contributed by atoms with Crippen molar-refractivity contribution in [1.82, 2.24) is 20.2 Å². The van der Waals surface area contributed by atoms with Gasteiger partial charge >= 0.3 is 0 Å². The van der Waals surface area contributed by atoms with Crippen molar-refractivity contribution in [3.05, 3.63) is 41.6 Å². The summed E-state index contributed by atoms with van der Waals surface area (Å²) in [4.78, 5) is 9.86. The lowest BCUT2D eigenvalue weighted by Gasteiger charge is -2.19.